The first-order chi connectivity index (χ1) is 12.6. The quantitative estimate of drug-likeness (QED) is 0.496. The third kappa shape index (κ3) is 3.09. The van der Waals surface area contributed by atoms with Crippen LogP contribution >= 0.6 is 0 Å². The van der Waals surface area contributed by atoms with Gasteiger partial charge in [-0.2, -0.15) is 0 Å². The molecule has 2 N–H and O–H groups in total. The molecule has 0 spiro atoms. The van der Waals surface area contributed by atoms with Gasteiger partial charge in [-0.25, -0.2) is 0 Å². The van der Waals surface area contributed by atoms with Crippen molar-refractivity contribution in [2.24, 2.45) is 16.3 Å². The van der Waals surface area contributed by atoms with Crippen LogP contribution in [-0.4, -0.2) is 44.8 Å². The van der Waals surface area contributed by atoms with Crippen molar-refractivity contribution >= 4 is 11.6 Å². The molecule has 2 heterocycles. The van der Waals surface area contributed by atoms with Crippen molar-refractivity contribution in [3.05, 3.63) is 42.0 Å². The van der Waals surface area contributed by atoms with E-state index in [0.29, 0.717) is 18.1 Å². The minimum atomic E-state index is 0.157. The van der Waals surface area contributed by atoms with E-state index in [1.165, 1.54) is 11.3 Å². The second kappa shape index (κ2) is 6.95. The summed E-state index contributed by atoms with van der Waals surface area (Å²) in [7, 11) is 1.84. The fourth-order valence-electron chi connectivity index (χ4n) is 4.66. The smallest absolute Gasteiger partial charge is 0.191 e. The van der Waals surface area contributed by atoms with Gasteiger partial charge in [0, 0.05) is 56.4 Å². The third-order valence-corrected chi connectivity index (χ3v) is 6.20. The molecule has 2 fully saturated rings. The Balaban J connectivity index is 1.31. The highest BCUT2D eigenvalue weighted by Gasteiger charge is 2.59. The Kier molecular flexibility index (Phi) is 4.65. The lowest BCUT2D eigenvalue weighted by molar-refractivity contribution is -0.106. The van der Waals surface area contributed by atoms with Gasteiger partial charge in [-0.3, -0.25) is 4.99 Å². The summed E-state index contributed by atoms with van der Waals surface area (Å²) in [5.41, 5.74) is 2.70. The molecule has 3 unspecified atom stereocenters. The number of anilines is 1. The van der Waals surface area contributed by atoms with E-state index < -0.39 is 0 Å². The predicted octanol–water partition coefficient (Wildman–Crippen LogP) is 2.54. The Labute approximate surface area is 156 Å². The Bertz CT molecular complexity index is 686. The molecular formula is C21H30N4O. The van der Waals surface area contributed by atoms with Gasteiger partial charge >= 0.3 is 0 Å². The van der Waals surface area contributed by atoms with Crippen molar-refractivity contribution in [1.29, 1.82) is 0 Å². The molecule has 4 rings (SSSR count). The lowest BCUT2D eigenvalue weighted by Crippen LogP contribution is -2.67. The number of fused-ring (bicyclic) bond motifs is 1. The van der Waals surface area contributed by atoms with Crippen molar-refractivity contribution in [2.45, 2.75) is 39.0 Å². The summed E-state index contributed by atoms with van der Waals surface area (Å²) in [6.45, 7) is 8.26. The summed E-state index contributed by atoms with van der Waals surface area (Å²) in [4.78, 5) is 6.78. The highest BCUT2D eigenvalue weighted by atomic mass is 16.5. The van der Waals surface area contributed by atoms with Gasteiger partial charge in [0.15, 0.2) is 5.96 Å². The second-order valence-corrected chi connectivity index (χ2v) is 8.16. The normalized spacial score (nSPS) is 29.4. The van der Waals surface area contributed by atoms with Crippen LogP contribution in [0.5, 0.6) is 0 Å². The number of nitrogens with zero attached hydrogens (tertiary/aromatic N) is 2. The Morgan fingerprint density at radius 1 is 1.23 bits per heavy atom. The highest BCUT2D eigenvalue weighted by Crippen LogP contribution is 2.52. The summed E-state index contributed by atoms with van der Waals surface area (Å²) in [6.07, 6.45) is 5.97. The fraction of sp³-hybridized carbons (Fsp3) is 0.571. The molecule has 3 aliphatic rings. The Morgan fingerprint density at radius 2 is 1.96 bits per heavy atom. The maximum absolute atomic E-state index is 5.89. The number of hydrogen-bond acceptors (Lipinski definition) is 3. The van der Waals surface area contributed by atoms with Crippen LogP contribution in [0, 0.1) is 11.3 Å². The van der Waals surface area contributed by atoms with Crippen LogP contribution in [0.1, 0.15) is 25.8 Å². The first kappa shape index (κ1) is 17.4. The van der Waals surface area contributed by atoms with Crippen LogP contribution in [0.4, 0.5) is 5.69 Å². The Hall–Kier alpha value is -2.01. The standard InChI is InChI=1S/C21H30N4O/c1-21(2)18(17-10-13-26-19(17)21)24-20(22-3)23-14-15-6-8-16(9-7-15)25-11-4-5-12-25/h4-9,17-19H,10-14H2,1-3H3,(H2,22,23,24). The summed E-state index contributed by atoms with van der Waals surface area (Å²) in [5, 5.41) is 7.10. The molecule has 140 valence electrons. The van der Waals surface area contributed by atoms with Crippen molar-refractivity contribution in [3.63, 3.8) is 0 Å². The molecule has 3 atom stereocenters. The van der Waals surface area contributed by atoms with E-state index in [-0.39, 0.29) is 5.41 Å². The number of guanidine groups is 1. The molecule has 1 aliphatic carbocycles. The van der Waals surface area contributed by atoms with Gasteiger partial charge < -0.3 is 20.3 Å². The van der Waals surface area contributed by atoms with Crippen molar-refractivity contribution in [3.8, 4) is 0 Å². The van der Waals surface area contributed by atoms with Crippen LogP contribution in [-0.2, 0) is 11.3 Å². The molecule has 5 nitrogen and oxygen atoms in total. The number of rotatable bonds is 4. The number of hydrogen-bond donors (Lipinski definition) is 2. The largest absolute Gasteiger partial charge is 0.377 e. The minimum Gasteiger partial charge on any atom is -0.377 e. The van der Waals surface area contributed by atoms with Gasteiger partial charge in [0.05, 0.1) is 6.10 Å². The molecule has 1 aromatic carbocycles. The van der Waals surface area contributed by atoms with Crippen LogP contribution < -0.4 is 15.5 Å². The monoisotopic (exact) mass is 354 g/mol. The average Bonchev–Trinajstić information content (AvgIpc) is 3.33. The zero-order chi connectivity index (χ0) is 18.1. The molecule has 0 radical (unpaired) electrons. The van der Waals surface area contributed by atoms with Crippen LogP contribution in [0.2, 0.25) is 0 Å². The number of nitrogens with one attached hydrogen (secondary N) is 2. The molecule has 5 heteroatoms. The molecule has 1 saturated carbocycles. The molecular weight excluding hydrogens is 324 g/mol. The van der Waals surface area contributed by atoms with E-state index in [1.54, 1.807) is 0 Å². The highest BCUT2D eigenvalue weighted by molar-refractivity contribution is 5.80. The maximum Gasteiger partial charge on any atom is 0.191 e. The lowest BCUT2D eigenvalue weighted by atomic mass is 9.57. The number of ether oxygens (including phenoxy) is 1. The maximum atomic E-state index is 5.89. The predicted molar refractivity (Wildman–Crippen MR) is 107 cm³/mol. The van der Waals surface area contributed by atoms with Gasteiger partial charge in [0.2, 0.25) is 0 Å². The zero-order valence-corrected chi connectivity index (χ0v) is 16.0. The third-order valence-electron chi connectivity index (χ3n) is 6.20. The van der Waals surface area contributed by atoms with Gasteiger partial charge in [-0.1, -0.05) is 38.1 Å². The molecule has 1 saturated heterocycles. The van der Waals surface area contributed by atoms with Crippen LogP contribution in [0.3, 0.4) is 0 Å². The average molecular weight is 354 g/mol. The summed E-state index contributed by atoms with van der Waals surface area (Å²) in [6, 6.07) is 9.22. The number of aliphatic imine (C=N–C) groups is 1. The van der Waals surface area contributed by atoms with E-state index in [2.05, 4.69) is 70.8 Å². The Morgan fingerprint density at radius 3 is 2.65 bits per heavy atom. The van der Waals surface area contributed by atoms with Crippen LogP contribution in [0.15, 0.2) is 41.4 Å². The van der Waals surface area contributed by atoms with Crippen molar-refractivity contribution in [2.75, 3.05) is 31.6 Å². The topological polar surface area (TPSA) is 48.9 Å². The molecule has 26 heavy (non-hydrogen) atoms. The van der Waals surface area contributed by atoms with Gasteiger partial charge in [0.1, 0.15) is 0 Å². The van der Waals surface area contributed by atoms with E-state index in [0.717, 1.165) is 38.6 Å². The molecule has 0 amide bonds. The number of benzene rings is 1. The first-order valence-corrected chi connectivity index (χ1v) is 9.67. The SMILES string of the molecule is CN=C(NCc1ccc(N2CC=CC2)cc1)NC1C2CCOC2C1(C)C. The molecule has 1 aromatic rings. The van der Waals surface area contributed by atoms with Crippen molar-refractivity contribution in [1.82, 2.24) is 10.6 Å². The molecule has 0 aromatic heterocycles. The van der Waals surface area contributed by atoms with Gasteiger partial charge in [-0.15, -0.1) is 0 Å². The summed E-state index contributed by atoms with van der Waals surface area (Å²) >= 11 is 0. The van der Waals surface area contributed by atoms with E-state index >= 15 is 0 Å². The molecule has 0 bridgehead atoms. The first-order valence-electron chi connectivity index (χ1n) is 9.67. The van der Waals surface area contributed by atoms with Gasteiger partial charge in [0.25, 0.3) is 0 Å². The lowest BCUT2D eigenvalue weighted by Gasteiger charge is -2.54. The van der Waals surface area contributed by atoms with E-state index in [4.69, 9.17) is 4.74 Å². The van der Waals surface area contributed by atoms with Crippen LogP contribution in [0.25, 0.3) is 0 Å². The van der Waals surface area contributed by atoms with Crippen molar-refractivity contribution < 1.29 is 4.74 Å². The van der Waals surface area contributed by atoms with E-state index in [9.17, 15) is 0 Å². The van der Waals surface area contributed by atoms with E-state index in [1.807, 2.05) is 7.05 Å². The summed E-state index contributed by atoms with van der Waals surface area (Å²) < 4.78 is 5.89. The zero-order valence-electron chi connectivity index (χ0n) is 16.0. The second-order valence-electron chi connectivity index (χ2n) is 8.16. The molecule has 2 aliphatic heterocycles. The summed E-state index contributed by atoms with van der Waals surface area (Å²) in [5.74, 6) is 1.48. The minimum absolute atomic E-state index is 0.157. The fourth-order valence-corrected chi connectivity index (χ4v) is 4.66. The van der Waals surface area contributed by atoms with Gasteiger partial charge in [-0.05, 0) is 24.1 Å².